The van der Waals surface area contributed by atoms with Crippen molar-refractivity contribution in [2.45, 2.75) is 24.9 Å². The molecular weight excluding hydrogens is 619 g/mol. The normalized spacial score (nSPS) is 18.3. The second-order valence-electron chi connectivity index (χ2n) is 10.9. The first kappa shape index (κ1) is 31.3. The Morgan fingerprint density at radius 2 is 1.79 bits per heavy atom. The van der Waals surface area contributed by atoms with E-state index in [1.54, 1.807) is 48.7 Å². The van der Waals surface area contributed by atoms with Crippen LogP contribution in [0.2, 0.25) is 0 Å². The van der Waals surface area contributed by atoms with Gasteiger partial charge in [-0.25, -0.2) is 0 Å². The van der Waals surface area contributed by atoms with Crippen LogP contribution >= 0.6 is 0 Å². The Labute approximate surface area is 266 Å². The van der Waals surface area contributed by atoms with Crippen molar-refractivity contribution < 1.29 is 41.8 Å². The number of aromatic nitrogens is 2. The van der Waals surface area contributed by atoms with Crippen molar-refractivity contribution in [3.8, 4) is 28.4 Å². The average Bonchev–Trinajstić information content (AvgIpc) is 3.47. The van der Waals surface area contributed by atoms with Crippen molar-refractivity contribution in [2.75, 3.05) is 26.8 Å². The molecule has 5 heterocycles. The Morgan fingerprint density at radius 1 is 0.957 bits per heavy atom. The molecule has 11 nitrogen and oxygen atoms in total. The standard InChI is InChI=1S/C33H28F3N5O6/c1-45-27-11-25-7-5-20(27)14-39-30(42)18-46-24-4-2-3-19(10-24)22-9-23(13-37-12-22)31(43)40-26-16-41(17-28(26)47-25)32(44)21-6-8-29(38-15-21)33(34,35)36/h2-13,15,26,28H,14,16-18H2,1H3,(H,39,42)(H,40,43)/t26-,28-/m0/s1. The summed E-state index contributed by atoms with van der Waals surface area (Å²) in [5.74, 6) is -0.161. The molecule has 6 bridgehead atoms. The van der Waals surface area contributed by atoms with E-state index in [4.69, 9.17) is 14.2 Å². The zero-order valence-corrected chi connectivity index (χ0v) is 24.9. The lowest BCUT2D eigenvalue weighted by atomic mass is 10.1. The number of carbonyl (C=O) groups excluding carboxylic acids is 3. The van der Waals surface area contributed by atoms with E-state index in [1.807, 2.05) is 6.07 Å². The lowest BCUT2D eigenvalue weighted by Crippen LogP contribution is -2.45. The molecule has 0 spiro atoms. The highest BCUT2D eigenvalue weighted by molar-refractivity contribution is 5.96. The van der Waals surface area contributed by atoms with E-state index in [9.17, 15) is 27.6 Å². The minimum Gasteiger partial charge on any atom is -0.496 e. The Kier molecular flexibility index (Phi) is 8.66. The van der Waals surface area contributed by atoms with E-state index >= 15 is 0 Å². The molecule has 0 radical (unpaired) electrons. The van der Waals surface area contributed by atoms with Crippen LogP contribution in [-0.2, 0) is 17.5 Å². The Bertz CT molecular complexity index is 1820. The zero-order valence-electron chi connectivity index (χ0n) is 24.9. The number of likely N-dealkylation sites (tertiary alicyclic amines) is 1. The third-order valence-corrected chi connectivity index (χ3v) is 7.73. The smallest absolute Gasteiger partial charge is 0.433 e. The van der Waals surface area contributed by atoms with E-state index in [1.165, 1.54) is 18.2 Å². The number of alkyl halides is 3. The van der Waals surface area contributed by atoms with E-state index in [0.29, 0.717) is 33.9 Å². The summed E-state index contributed by atoms with van der Waals surface area (Å²) in [6.45, 7) is -0.0653. The van der Waals surface area contributed by atoms with Gasteiger partial charge >= 0.3 is 6.18 Å². The van der Waals surface area contributed by atoms with Crippen LogP contribution in [0, 0.1) is 0 Å². The first-order chi connectivity index (χ1) is 22.6. The second kappa shape index (κ2) is 13.0. The van der Waals surface area contributed by atoms with Gasteiger partial charge in [-0.2, -0.15) is 13.2 Å². The summed E-state index contributed by atoms with van der Waals surface area (Å²) >= 11 is 0. The number of nitrogens with zero attached hydrogens (tertiary/aromatic N) is 3. The van der Waals surface area contributed by atoms with Gasteiger partial charge in [-0.15, -0.1) is 0 Å². The summed E-state index contributed by atoms with van der Waals surface area (Å²) < 4.78 is 56.6. The van der Waals surface area contributed by atoms with Gasteiger partial charge in [0.1, 0.15) is 29.0 Å². The summed E-state index contributed by atoms with van der Waals surface area (Å²) in [5, 5.41) is 5.74. The van der Waals surface area contributed by atoms with Crippen molar-refractivity contribution in [3.63, 3.8) is 0 Å². The van der Waals surface area contributed by atoms with Gasteiger partial charge in [0.15, 0.2) is 6.61 Å². The number of rotatable bonds is 2. The number of hydrogen-bond acceptors (Lipinski definition) is 8. The van der Waals surface area contributed by atoms with Crippen LogP contribution in [0.1, 0.15) is 32.0 Å². The molecule has 3 aliphatic rings. The SMILES string of the molecule is COc1cc2ccc1CNC(=O)COc1cccc(c1)-c1cncc(c1)C(=O)N[C@H]1CN(C(=O)c3ccc(C(F)(F)F)nc3)C[C@@H]1O2. The van der Waals surface area contributed by atoms with Crippen molar-refractivity contribution in [3.05, 3.63) is 102 Å². The molecule has 2 atom stereocenters. The number of hydrogen-bond donors (Lipinski definition) is 2. The lowest BCUT2D eigenvalue weighted by molar-refractivity contribution is -0.141. The third kappa shape index (κ3) is 7.11. The fourth-order valence-electron chi connectivity index (χ4n) is 5.32. The molecule has 0 unspecified atom stereocenters. The highest BCUT2D eigenvalue weighted by Crippen LogP contribution is 2.30. The molecule has 1 fully saturated rings. The summed E-state index contributed by atoms with van der Waals surface area (Å²) in [4.78, 5) is 48.5. The zero-order chi connectivity index (χ0) is 33.1. The summed E-state index contributed by atoms with van der Waals surface area (Å²) in [6.07, 6.45) is -1.53. The van der Waals surface area contributed by atoms with E-state index in [-0.39, 0.29) is 43.3 Å². The molecular formula is C33H28F3N5O6. The van der Waals surface area contributed by atoms with E-state index < -0.39 is 35.8 Å². The maximum absolute atomic E-state index is 13.5. The van der Waals surface area contributed by atoms with Crippen LogP contribution in [-0.4, -0.2) is 71.5 Å². The molecule has 1 saturated heterocycles. The van der Waals surface area contributed by atoms with Gasteiger partial charge in [-0.3, -0.25) is 24.4 Å². The molecule has 4 aromatic rings. The molecule has 47 heavy (non-hydrogen) atoms. The third-order valence-electron chi connectivity index (χ3n) is 7.73. The highest BCUT2D eigenvalue weighted by atomic mass is 19.4. The first-order valence-corrected chi connectivity index (χ1v) is 14.5. The predicted molar refractivity (Wildman–Crippen MR) is 161 cm³/mol. The molecule has 14 heteroatoms. The van der Waals surface area contributed by atoms with Gasteiger partial charge in [0.05, 0.1) is 30.8 Å². The van der Waals surface area contributed by atoms with Crippen LogP contribution in [0.15, 0.2) is 79.3 Å². The predicted octanol–water partition coefficient (Wildman–Crippen LogP) is 3.88. The summed E-state index contributed by atoms with van der Waals surface area (Å²) in [5.41, 5.74) is 1.07. The van der Waals surface area contributed by atoms with Gasteiger partial charge < -0.3 is 29.7 Å². The largest absolute Gasteiger partial charge is 0.496 e. The molecule has 242 valence electrons. The second-order valence-corrected chi connectivity index (χ2v) is 10.9. The number of amides is 3. The van der Waals surface area contributed by atoms with E-state index in [2.05, 4.69) is 20.6 Å². The maximum atomic E-state index is 13.5. The molecule has 2 aromatic heterocycles. The number of benzene rings is 2. The van der Waals surface area contributed by atoms with E-state index in [0.717, 1.165) is 18.3 Å². The average molecular weight is 648 g/mol. The molecule has 2 N–H and O–H groups in total. The molecule has 0 aliphatic carbocycles. The molecule has 3 aliphatic heterocycles. The fourth-order valence-corrected chi connectivity index (χ4v) is 5.32. The molecule has 0 saturated carbocycles. The molecule has 2 aromatic carbocycles. The highest BCUT2D eigenvalue weighted by Gasteiger charge is 2.39. The summed E-state index contributed by atoms with van der Waals surface area (Å²) in [7, 11) is 1.47. The van der Waals surface area contributed by atoms with Gasteiger partial charge in [0.2, 0.25) is 0 Å². The molecule has 3 amide bonds. The van der Waals surface area contributed by atoms with Crippen molar-refractivity contribution in [1.29, 1.82) is 0 Å². The minimum atomic E-state index is -4.65. The van der Waals surface area contributed by atoms with Crippen LogP contribution in [0.25, 0.3) is 11.1 Å². The van der Waals surface area contributed by atoms with Crippen molar-refractivity contribution >= 4 is 17.7 Å². The quantitative estimate of drug-likeness (QED) is 0.335. The Balaban J connectivity index is 1.32. The number of methoxy groups -OCH3 is 1. The number of carbonyl (C=O) groups is 3. The fraction of sp³-hybridized carbons (Fsp3) is 0.242. The number of fused-ring (bicyclic) bond motifs is 7. The van der Waals surface area contributed by atoms with Crippen LogP contribution in [0.5, 0.6) is 17.2 Å². The first-order valence-electron chi connectivity index (χ1n) is 14.5. The molecule has 7 rings (SSSR count). The monoisotopic (exact) mass is 647 g/mol. The number of ether oxygens (including phenoxy) is 3. The van der Waals surface area contributed by atoms with Gasteiger partial charge in [0.25, 0.3) is 17.7 Å². The number of halogens is 3. The Hall–Kier alpha value is -5.66. The van der Waals surface area contributed by atoms with Gasteiger partial charge in [0, 0.05) is 48.9 Å². The Morgan fingerprint density at radius 3 is 2.55 bits per heavy atom. The lowest BCUT2D eigenvalue weighted by Gasteiger charge is -2.22. The minimum absolute atomic E-state index is 0.00398. The van der Waals surface area contributed by atoms with Crippen molar-refractivity contribution in [1.82, 2.24) is 25.5 Å². The number of nitrogens with one attached hydrogen (secondary N) is 2. The van der Waals surface area contributed by atoms with Crippen LogP contribution in [0.4, 0.5) is 13.2 Å². The van der Waals surface area contributed by atoms with Gasteiger partial charge in [-0.1, -0.05) is 12.1 Å². The maximum Gasteiger partial charge on any atom is 0.433 e. The summed E-state index contributed by atoms with van der Waals surface area (Å²) in [6, 6.07) is 14.8. The number of pyridine rings is 2. The van der Waals surface area contributed by atoms with Crippen molar-refractivity contribution in [2.24, 2.45) is 0 Å². The van der Waals surface area contributed by atoms with Crippen LogP contribution < -0.4 is 24.8 Å². The van der Waals surface area contributed by atoms with Gasteiger partial charge in [-0.05, 0) is 48.0 Å². The topological polar surface area (TPSA) is 132 Å². The van der Waals surface area contributed by atoms with Crippen LogP contribution in [0.3, 0.4) is 0 Å².